The molecule has 0 fully saturated rings. The number of carbonyl (C=O) groups is 1. The molecule has 0 saturated carbocycles. The number of urea groups is 1. The molecule has 0 bridgehead atoms. The summed E-state index contributed by atoms with van der Waals surface area (Å²) in [6, 6.07) is 23.6. The van der Waals surface area contributed by atoms with Gasteiger partial charge in [0.25, 0.3) is 0 Å². The molecule has 5 heteroatoms. The molecule has 0 heterocycles. The number of aliphatic imine (C=N–C) groups is 1. The van der Waals surface area contributed by atoms with Crippen molar-refractivity contribution < 1.29 is 4.79 Å². The van der Waals surface area contributed by atoms with Crippen LogP contribution in [0.15, 0.2) is 82.9 Å². The predicted molar refractivity (Wildman–Crippen MR) is 111 cm³/mol. The molecule has 0 atom stereocenters. The van der Waals surface area contributed by atoms with Crippen molar-refractivity contribution in [3.8, 4) is 0 Å². The lowest BCUT2D eigenvalue weighted by atomic mass is 10.1. The Morgan fingerprint density at radius 3 is 2.30 bits per heavy atom. The number of hydrogen-bond donors (Lipinski definition) is 0. The molecule has 0 aliphatic rings. The van der Waals surface area contributed by atoms with E-state index in [1.165, 1.54) is 5.01 Å². The monoisotopic (exact) mass is 358 g/mol. The summed E-state index contributed by atoms with van der Waals surface area (Å²) in [5, 5.41) is 7.88. The number of nitrogens with zero attached hydrogens (tertiary/aromatic N) is 4. The SMILES string of the molecule is C=NC(=NN(C)C(=O)N(C)Cc1ccccc1)c1ccc2ccccc2c1. The zero-order valence-electron chi connectivity index (χ0n) is 15.5. The van der Waals surface area contributed by atoms with Gasteiger partial charge >= 0.3 is 6.03 Å². The summed E-state index contributed by atoms with van der Waals surface area (Å²) in [5.41, 5.74) is 1.87. The lowest BCUT2D eigenvalue weighted by molar-refractivity contribution is 0.173. The molecule has 136 valence electrons. The quantitative estimate of drug-likeness (QED) is 0.388. The molecule has 0 spiro atoms. The largest absolute Gasteiger partial charge is 0.340 e. The van der Waals surface area contributed by atoms with Crippen molar-refractivity contribution in [3.63, 3.8) is 0 Å². The molecule has 0 radical (unpaired) electrons. The maximum atomic E-state index is 12.6. The zero-order chi connectivity index (χ0) is 19.2. The van der Waals surface area contributed by atoms with E-state index in [-0.39, 0.29) is 6.03 Å². The molecule has 0 aromatic heterocycles. The molecule has 0 saturated heterocycles. The first-order valence-corrected chi connectivity index (χ1v) is 8.66. The second-order valence-electron chi connectivity index (χ2n) is 6.29. The minimum Gasteiger partial charge on any atom is -0.322 e. The van der Waals surface area contributed by atoms with E-state index in [9.17, 15) is 4.79 Å². The third-order valence-electron chi connectivity index (χ3n) is 4.27. The van der Waals surface area contributed by atoms with Crippen LogP contribution in [-0.2, 0) is 6.54 Å². The van der Waals surface area contributed by atoms with Gasteiger partial charge in [0.05, 0.1) is 0 Å². The van der Waals surface area contributed by atoms with Crippen LogP contribution in [0.25, 0.3) is 10.8 Å². The van der Waals surface area contributed by atoms with Gasteiger partial charge in [0.1, 0.15) is 0 Å². The van der Waals surface area contributed by atoms with Gasteiger partial charge in [-0.3, -0.25) is 0 Å². The van der Waals surface area contributed by atoms with Crippen LogP contribution in [0.3, 0.4) is 0 Å². The van der Waals surface area contributed by atoms with Gasteiger partial charge < -0.3 is 4.90 Å². The Morgan fingerprint density at radius 1 is 0.926 bits per heavy atom. The van der Waals surface area contributed by atoms with Crippen LogP contribution < -0.4 is 0 Å². The average molecular weight is 358 g/mol. The first-order valence-electron chi connectivity index (χ1n) is 8.66. The van der Waals surface area contributed by atoms with E-state index >= 15 is 0 Å². The van der Waals surface area contributed by atoms with Gasteiger partial charge in [-0.05, 0) is 29.1 Å². The molecule has 0 aliphatic carbocycles. The average Bonchev–Trinajstić information content (AvgIpc) is 2.71. The number of hydrogen-bond acceptors (Lipinski definition) is 2. The Balaban J connectivity index is 1.78. The van der Waals surface area contributed by atoms with Crippen LogP contribution in [0.4, 0.5) is 4.79 Å². The van der Waals surface area contributed by atoms with Crippen LogP contribution in [0, 0.1) is 0 Å². The molecule has 0 aliphatic heterocycles. The highest BCUT2D eigenvalue weighted by atomic mass is 16.2. The van der Waals surface area contributed by atoms with Gasteiger partial charge in [0.15, 0.2) is 5.84 Å². The number of amidine groups is 1. The summed E-state index contributed by atoms with van der Waals surface area (Å²) in [6.07, 6.45) is 0. The van der Waals surface area contributed by atoms with E-state index in [1.807, 2.05) is 72.8 Å². The molecule has 3 rings (SSSR count). The molecule has 2 amide bonds. The van der Waals surface area contributed by atoms with Crippen LogP contribution in [0.5, 0.6) is 0 Å². The third kappa shape index (κ3) is 4.39. The Morgan fingerprint density at radius 2 is 1.59 bits per heavy atom. The molecule has 0 N–H and O–H groups in total. The van der Waals surface area contributed by atoms with Crippen molar-refractivity contribution in [1.82, 2.24) is 9.91 Å². The Bertz CT molecular complexity index is 982. The van der Waals surface area contributed by atoms with Crippen LogP contribution in [0.1, 0.15) is 11.1 Å². The molecular formula is C22H22N4O. The topological polar surface area (TPSA) is 48.3 Å². The molecule has 0 unspecified atom stereocenters. The summed E-state index contributed by atoms with van der Waals surface area (Å²) in [5.74, 6) is 0.407. The predicted octanol–water partition coefficient (Wildman–Crippen LogP) is 4.39. The normalized spacial score (nSPS) is 11.3. The number of amides is 2. The minimum absolute atomic E-state index is 0.221. The summed E-state index contributed by atoms with van der Waals surface area (Å²) in [4.78, 5) is 18.3. The maximum Gasteiger partial charge on any atom is 0.340 e. The number of hydrazone groups is 1. The van der Waals surface area contributed by atoms with Crippen molar-refractivity contribution in [1.29, 1.82) is 0 Å². The second kappa shape index (κ2) is 8.27. The second-order valence-corrected chi connectivity index (χ2v) is 6.29. The highest BCUT2D eigenvalue weighted by Gasteiger charge is 2.15. The van der Waals surface area contributed by atoms with Crippen molar-refractivity contribution in [2.45, 2.75) is 6.54 Å². The van der Waals surface area contributed by atoms with E-state index in [0.717, 1.165) is 21.9 Å². The van der Waals surface area contributed by atoms with E-state index in [1.54, 1.807) is 19.0 Å². The number of benzene rings is 3. The number of rotatable bonds is 4. The Hall–Kier alpha value is -3.47. The van der Waals surface area contributed by atoms with Crippen LogP contribution in [0.2, 0.25) is 0 Å². The summed E-state index contributed by atoms with van der Waals surface area (Å²) < 4.78 is 0. The maximum absolute atomic E-state index is 12.6. The van der Waals surface area contributed by atoms with Crippen molar-refractivity contribution in [2.24, 2.45) is 10.1 Å². The zero-order valence-corrected chi connectivity index (χ0v) is 15.5. The lowest BCUT2D eigenvalue weighted by Gasteiger charge is -2.22. The van der Waals surface area contributed by atoms with Gasteiger partial charge in [-0.1, -0.05) is 66.7 Å². The van der Waals surface area contributed by atoms with Crippen molar-refractivity contribution in [3.05, 3.63) is 83.9 Å². The highest BCUT2D eigenvalue weighted by molar-refractivity contribution is 6.04. The number of fused-ring (bicyclic) bond motifs is 1. The molecule has 3 aromatic carbocycles. The van der Waals surface area contributed by atoms with E-state index in [2.05, 4.69) is 16.8 Å². The highest BCUT2D eigenvalue weighted by Crippen LogP contribution is 2.17. The van der Waals surface area contributed by atoms with Gasteiger partial charge in [-0.2, -0.15) is 0 Å². The van der Waals surface area contributed by atoms with E-state index < -0.39 is 0 Å². The standard InChI is InChI=1S/C22H22N4O/c1-23-21(20-14-13-18-11-7-8-12-19(18)15-20)24-26(3)22(27)25(2)16-17-9-5-4-6-10-17/h4-15H,1,16H2,2-3H3. The lowest BCUT2D eigenvalue weighted by Crippen LogP contribution is -2.36. The van der Waals surface area contributed by atoms with Gasteiger partial charge in [-0.15, -0.1) is 5.10 Å². The fraction of sp³-hybridized carbons (Fsp3) is 0.136. The van der Waals surface area contributed by atoms with Crippen LogP contribution in [-0.4, -0.2) is 42.6 Å². The Kier molecular flexibility index (Phi) is 5.61. The minimum atomic E-state index is -0.221. The fourth-order valence-electron chi connectivity index (χ4n) is 2.87. The number of carbonyl (C=O) groups excluding carboxylic acids is 1. The summed E-state index contributed by atoms with van der Waals surface area (Å²) in [7, 11) is 3.37. The first kappa shape index (κ1) is 18.3. The van der Waals surface area contributed by atoms with Crippen molar-refractivity contribution in [2.75, 3.05) is 14.1 Å². The Labute approximate surface area is 159 Å². The van der Waals surface area contributed by atoms with E-state index in [4.69, 9.17) is 0 Å². The molecule has 27 heavy (non-hydrogen) atoms. The summed E-state index contributed by atoms with van der Waals surface area (Å²) in [6.45, 7) is 4.12. The smallest absolute Gasteiger partial charge is 0.322 e. The molecule has 5 nitrogen and oxygen atoms in total. The molecular weight excluding hydrogens is 336 g/mol. The van der Waals surface area contributed by atoms with E-state index in [0.29, 0.717) is 12.4 Å². The summed E-state index contributed by atoms with van der Waals surface area (Å²) >= 11 is 0. The van der Waals surface area contributed by atoms with Crippen molar-refractivity contribution >= 4 is 29.4 Å². The van der Waals surface area contributed by atoms with Gasteiger partial charge in [0.2, 0.25) is 0 Å². The molecule has 3 aromatic rings. The van der Waals surface area contributed by atoms with Gasteiger partial charge in [0, 0.05) is 26.2 Å². The van der Waals surface area contributed by atoms with Crippen LogP contribution >= 0.6 is 0 Å². The fourth-order valence-corrected chi connectivity index (χ4v) is 2.87. The third-order valence-corrected chi connectivity index (χ3v) is 4.27. The first-order chi connectivity index (χ1) is 13.1. The van der Waals surface area contributed by atoms with Gasteiger partial charge in [-0.25, -0.2) is 14.8 Å².